The van der Waals surface area contributed by atoms with Crippen molar-refractivity contribution < 1.29 is 9.90 Å². The predicted octanol–water partition coefficient (Wildman–Crippen LogP) is 1.96. The fourth-order valence-corrected chi connectivity index (χ4v) is 1.92. The van der Waals surface area contributed by atoms with Crippen LogP contribution in [0.4, 0.5) is 0 Å². The van der Waals surface area contributed by atoms with Crippen molar-refractivity contribution >= 4 is 17.0 Å². The van der Waals surface area contributed by atoms with E-state index in [0.29, 0.717) is 16.9 Å². The first-order chi connectivity index (χ1) is 8.66. The highest BCUT2D eigenvalue weighted by molar-refractivity contribution is 6.01. The molecule has 0 aliphatic carbocycles. The first kappa shape index (κ1) is 10.5. The predicted molar refractivity (Wildman–Crippen MR) is 65.4 cm³/mol. The summed E-state index contributed by atoms with van der Waals surface area (Å²) in [4.78, 5) is 18.5. The van der Waals surface area contributed by atoms with Gasteiger partial charge in [0.1, 0.15) is 11.3 Å². The number of carbonyl (C=O) groups is 1. The Morgan fingerprint density at radius 2 is 2.22 bits per heavy atom. The topological polar surface area (TPSA) is 94.7 Å². The lowest BCUT2D eigenvalue weighted by molar-refractivity contribution is 0.0699. The SMILES string of the molecule is Cc1[nH]ncc1-c1nc2c(C(=O)O)cccc2[nH]1. The number of H-pyrrole nitrogens is 2. The molecule has 0 aliphatic rings. The summed E-state index contributed by atoms with van der Waals surface area (Å²) in [5.41, 5.74) is 3.07. The Hall–Kier alpha value is -2.63. The summed E-state index contributed by atoms with van der Waals surface area (Å²) in [6.07, 6.45) is 1.66. The molecule has 3 rings (SSSR count). The fraction of sp³-hybridized carbons (Fsp3) is 0.0833. The van der Waals surface area contributed by atoms with Crippen molar-refractivity contribution in [2.75, 3.05) is 0 Å². The molecule has 2 heterocycles. The van der Waals surface area contributed by atoms with Crippen LogP contribution in [0, 0.1) is 6.92 Å². The number of imidazole rings is 1. The van der Waals surface area contributed by atoms with E-state index in [1.54, 1.807) is 18.3 Å². The molecule has 0 saturated carbocycles. The highest BCUT2D eigenvalue weighted by Gasteiger charge is 2.14. The van der Waals surface area contributed by atoms with Gasteiger partial charge < -0.3 is 10.1 Å². The molecule has 3 N–H and O–H groups in total. The zero-order valence-electron chi connectivity index (χ0n) is 9.56. The Balaban J connectivity index is 2.26. The van der Waals surface area contributed by atoms with Gasteiger partial charge >= 0.3 is 5.97 Å². The summed E-state index contributed by atoms with van der Waals surface area (Å²) in [5, 5.41) is 15.9. The number of aromatic amines is 2. The Morgan fingerprint density at radius 3 is 2.89 bits per heavy atom. The highest BCUT2D eigenvalue weighted by Crippen LogP contribution is 2.23. The van der Waals surface area contributed by atoms with E-state index in [1.165, 1.54) is 6.07 Å². The molecule has 0 radical (unpaired) electrons. The van der Waals surface area contributed by atoms with Crippen LogP contribution in [0.25, 0.3) is 22.4 Å². The Morgan fingerprint density at radius 1 is 1.39 bits per heavy atom. The number of carboxylic acids is 1. The molecule has 6 heteroatoms. The molecule has 0 amide bonds. The van der Waals surface area contributed by atoms with Gasteiger partial charge in [-0.25, -0.2) is 9.78 Å². The van der Waals surface area contributed by atoms with E-state index in [4.69, 9.17) is 5.11 Å². The van der Waals surface area contributed by atoms with E-state index in [1.807, 2.05) is 6.92 Å². The first-order valence-corrected chi connectivity index (χ1v) is 5.39. The minimum atomic E-state index is -0.984. The summed E-state index contributed by atoms with van der Waals surface area (Å²) in [6.45, 7) is 1.88. The van der Waals surface area contributed by atoms with E-state index in [2.05, 4.69) is 20.2 Å². The molecule has 0 fully saturated rings. The number of aryl methyl sites for hydroxylation is 1. The summed E-state index contributed by atoms with van der Waals surface area (Å²) < 4.78 is 0. The number of fused-ring (bicyclic) bond motifs is 1. The molecule has 3 aromatic rings. The second kappa shape index (κ2) is 3.69. The first-order valence-electron chi connectivity index (χ1n) is 5.39. The zero-order valence-corrected chi connectivity index (χ0v) is 9.56. The van der Waals surface area contributed by atoms with Gasteiger partial charge in [0.05, 0.1) is 22.8 Å². The summed E-state index contributed by atoms with van der Waals surface area (Å²) >= 11 is 0. The van der Waals surface area contributed by atoms with E-state index < -0.39 is 5.97 Å². The quantitative estimate of drug-likeness (QED) is 0.640. The van der Waals surface area contributed by atoms with Crippen LogP contribution in [0.15, 0.2) is 24.4 Å². The molecule has 6 nitrogen and oxygen atoms in total. The minimum Gasteiger partial charge on any atom is -0.478 e. The molecule has 2 aromatic heterocycles. The molecule has 0 spiro atoms. The standard InChI is InChI=1S/C12H10N4O2/c1-6-8(5-13-16-6)11-14-9-4-2-3-7(12(17)18)10(9)15-11/h2-5H,1H3,(H,13,16)(H,14,15)(H,17,18). The lowest BCUT2D eigenvalue weighted by Crippen LogP contribution is -1.96. The van der Waals surface area contributed by atoms with Crippen LogP contribution >= 0.6 is 0 Å². The number of hydrogen-bond acceptors (Lipinski definition) is 3. The molecule has 0 bridgehead atoms. The second-order valence-electron chi connectivity index (χ2n) is 4.00. The number of para-hydroxylation sites is 1. The van der Waals surface area contributed by atoms with Gasteiger partial charge in [-0.05, 0) is 19.1 Å². The van der Waals surface area contributed by atoms with Crippen LogP contribution in [0.2, 0.25) is 0 Å². The number of rotatable bonds is 2. The summed E-state index contributed by atoms with van der Waals surface area (Å²) in [7, 11) is 0. The maximum absolute atomic E-state index is 11.1. The Labute approximate surface area is 102 Å². The smallest absolute Gasteiger partial charge is 0.337 e. The second-order valence-corrected chi connectivity index (χ2v) is 4.00. The molecule has 0 atom stereocenters. The van der Waals surface area contributed by atoms with Gasteiger partial charge in [-0.3, -0.25) is 5.10 Å². The third kappa shape index (κ3) is 1.46. The largest absolute Gasteiger partial charge is 0.478 e. The van der Waals surface area contributed by atoms with Gasteiger partial charge in [0.25, 0.3) is 0 Å². The van der Waals surface area contributed by atoms with Crippen molar-refractivity contribution in [2.24, 2.45) is 0 Å². The van der Waals surface area contributed by atoms with Crippen LogP contribution in [0.5, 0.6) is 0 Å². The van der Waals surface area contributed by atoms with E-state index in [9.17, 15) is 4.79 Å². The maximum Gasteiger partial charge on any atom is 0.337 e. The van der Waals surface area contributed by atoms with Gasteiger partial charge in [-0.1, -0.05) is 6.07 Å². The van der Waals surface area contributed by atoms with Gasteiger partial charge in [-0.15, -0.1) is 0 Å². The van der Waals surface area contributed by atoms with Crippen molar-refractivity contribution in [3.05, 3.63) is 35.7 Å². The molecule has 0 unspecified atom stereocenters. The number of carboxylic acid groups (broad SMARTS) is 1. The average Bonchev–Trinajstić information content (AvgIpc) is 2.92. The van der Waals surface area contributed by atoms with Crippen molar-refractivity contribution in [1.82, 2.24) is 20.2 Å². The van der Waals surface area contributed by atoms with Crippen molar-refractivity contribution in [1.29, 1.82) is 0 Å². The molecular weight excluding hydrogens is 232 g/mol. The normalized spacial score (nSPS) is 10.9. The number of aromatic carboxylic acids is 1. The maximum atomic E-state index is 11.1. The van der Waals surface area contributed by atoms with E-state index in [0.717, 1.165) is 11.3 Å². The molecule has 0 saturated heterocycles. The molecule has 18 heavy (non-hydrogen) atoms. The van der Waals surface area contributed by atoms with E-state index in [-0.39, 0.29) is 5.56 Å². The lowest BCUT2D eigenvalue weighted by atomic mass is 10.2. The molecule has 0 aliphatic heterocycles. The number of nitrogens with zero attached hydrogens (tertiary/aromatic N) is 2. The molecule has 1 aromatic carbocycles. The third-order valence-electron chi connectivity index (χ3n) is 2.83. The van der Waals surface area contributed by atoms with Crippen molar-refractivity contribution in [3.63, 3.8) is 0 Å². The molecule has 90 valence electrons. The minimum absolute atomic E-state index is 0.191. The Bertz CT molecular complexity index is 741. The van der Waals surface area contributed by atoms with Crippen LogP contribution in [0.3, 0.4) is 0 Å². The van der Waals surface area contributed by atoms with Crippen LogP contribution in [-0.2, 0) is 0 Å². The van der Waals surface area contributed by atoms with Gasteiger partial charge in [0.15, 0.2) is 0 Å². The summed E-state index contributed by atoms with van der Waals surface area (Å²) in [5.74, 6) is -0.368. The van der Waals surface area contributed by atoms with Crippen molar-refractivity contribution in [3.8, 4) is 11.4 Å². The average molecular weight is 242 g/mol. The zero-order chi connectivity index (χ0) is 12.7. The van der Waals surface area contributed by atoms with Crippen LogP contribution in [0.1, 0.15) is 16.1 Å². The number of nitrogens with one attached hydrogen (secondary N) is 2. The number of aromatic nitrogens is 4. The van der Waals surface area contributed by atoms with Gasteiger partial charge in [-0.2, -0.15) is 5.10 Å². The highest BCUT2D eigenvalue weighted by atomic mass is 16.4. The van der Waals surface area contributed by atoms with E-state index >= 15 is 0 Å². The summed E-state index contributed by atoms with van der Waals surface area (Å²) in [6, 6.07) is 5.03. The fourth-order valence-electron chi connectivity index (χ4n) is 1.92. The third-order valence-corrected chi connectivity index (χ3v) is 2.83. The lowest BCUT2D eigenvalue weighted by Gasteiger charge is -1.93. The van der Waals surface area contributed by atoms with Crippen LogP contribution < -0.4 is 0 Å². The van der Waals surface area contributed by atoms with Crippen molar-refractivity contribution in [2.45, 2.75) is 6.92 Å². The molecular formula is C12H10N4O2. The number of hydrogen-bond donors (Lipinski definition) is 3. The van der Waals surface area contributed by atoms with Gasteiger partial charge in [0.2, 0.25) is 0 Å². The Kier molecular flexibility index (Phi) is 2.16. The van der Waals surface area contributed by atoms with Crippen LogP contribution in [-0.4, -0.2) is 31.2 Å². The monoisotopic (exact) mass is 242 g/mol. The van der Waals surface area contributed by atoms with Gasteiger partial charge in [0, 0.05) is 5.69 Å². The number of benzene rings is 1.